The van der Waals surface area contributed by atoms with Gasteiger partial charge in [-0.05, 0) is 12.1 Å². The summed E-state index contributed by atoms with van der Waals surface area (Å²) in [7, 11) is 0. The molecule has 0 bridgehead atoms. The van der Waals surface area contributed by atoms with E-state index >= 15 is 0 Å². The number of aromatic nitrogens is 2. The number of nitrogens with zero attached hydrogens (tertiary/aromatic N) is 2. The molecule has 4 nitrogen and oxygen atoms in total. The largest absolute Gasteiger partial charge is 0.338 e. The highest BCUT2D eigenvalue weighted by atomic mass is 35.5. The topological polar surface area (TPSA) is 54.9 Å². The number of aldehydes is 1. The number of nitrogens with one attached hydrogen (secondary N) is 1. The second kappa shape index (κ2) is 5.12. The average Bonchev–Trinajstić information content (AvgIpc) is 2.32. The monoisotopic (exact) mass is 267 g/mol. The fourth-order valence-electron chi connectivity index (χ4n) is 1.27. The second-order valence-corrected chi connectivity index (χ2v) is 3.91. The molecule has 0 aliphatic rings. The standard InChI is InChI=1S/C11H7Cl2N3O/c12-8-3-1-2-4-9(8)16-11-7(5-17)10(13)14-6-15-11/h1-6H,(H,14,15,16). The van der Waals surface area contributed by atoms with Gasteiger partial charge in [0, 0.05) is 0 Å². The van der Waals surface area contributed by atoms with Crippen LogP contribution in [0, 0.1) is 0 Å². The van der Waals surface area contributed by atoms with Gasteiger partial charge in [0.1, 0.15) is 17.3 Å². The molecule has 2 rings (SSSR count). The van der Waals surface area contributed by atoms with Crippen LogP contribution in [0.2, 0.25) is 10.2 Å². The van der Waals surface area contributed by atoms with E-state index in [1.54, 1.807) is 18.2 Å². The molecular formula is C11H7Cl2N3O. The second-order valence-electron chi connectivity index (χ2n) is 3.15. The average molecular weight is 268 g/mol. The van der Waals surface area contributed by atoms with Crippen LogP contribution in [0.4, 0.5) is 11.5 Å². The third kappa shape index (κ3) is 2.54. The first-order chi connectivity index (χ1) is 8.22. The van der Waals surface area contributed by atoms with E-state index in [1.807, 2.05) is 6.07 Å². The number of carbonyl (C=O) groups is 1. The quantitative estimate of drug-likeness (QED) is 0.685. The molecular weight excluding hydrogens is 261 g/mol. The van der Waals surface area contributed by atoms with E-state index in [1.165, 1.54) is 6.33 Å². The Morgan fingerprint density at radius 3 is 2.65 bits per heavy atom. The summed E-state index contributed by atoms with van der Waals surface area (Å²) >= 11 is 11.8. The molecule has 0 saturated carbocycles. The minimum Gasteiger partial charge on any atom is -0.338 e. The van der Waals surface area contributed by atoms with Crippen molar-refractivity contribution in [2.24, 2.45) is 0 Å². The molecule has 86 valence electrons. The fourth-order valence-corrected chi connectivity index (χ4v) is 1.63. The molecule has 1 aromatic heterocycles. The van der Waals surface area contributed by atoms with Crippen molar-refractivity contribution in [2.75, 3.05) is 5.32 Å². The lowest BCUT2D eigenvalue weighted by atomic mass is 10.3. The van der Waals surface area contributed by atoms with E-state index in [-0.39, 0.29) is 10.7 Å². The number of carbonyl (C=O) groups excluding carboxylic acids is 1. The maximum Gasteiger partial charge on any atom is 0.156 e. The molecule has 6 heteroatoms. The van der Waals surface area contributed by atoms with Gasteiger partial charge >= 0.3 is 0 Å². The van der Waals surface area contributed by atoms with Crippen LogP contribution in [-0.2, 0) is 0 Å². The van der Waals surface area contributed by atoms with Gasteiger partial charge in [0.15, 0.2) is 6.29 Å². The molecule has 0 unspecified atom stereocenters. The van der Waals surface area contributed by atoms with Crippen LogP contribution < -0.4 is 5.32 Å². The highest BCUT2D eigenvalue weighted by molar-refractivity contribution is 6.33. The molecule has 0 saturated heterocycles. The van der Waals surface area contributed by atoms with Crippen LogP contribution in [0.3, 0.4) is 0 Å². The van der Waals surface area contributed by atoms with E-state index in [0.717, 1.165) is 0 Å². The summed E-state index contributed by atoms with van der Waals surface area (Å²) < 4.78 is 0. The third-order valence-corrected chi connectivity index (χ3v) is 2.71. The first kappa shape index (κ1) is 11.8. The molecule has 0 atom stereocenters. The Bertz CT molecular complexity index is 560. The van der Waals surface area contributed by atoms with Crippen molar-refractivity contribution in [3.8, 4) is 0 Å². The SMILES string of the molecule is O=Cc1c(Cl)ncnc1Nc1ccccc1Cl. The van der Waals surface area contributed by atoms with Gasteiger partial charge in [-0.2, -0.15) is 0 Å². The van der Waals surface area contributed by atoms with E-state index in [4.69, 9.17) is 23.2 Å². The Kier molecular flexibility index (Phi) is 3.56. The van der Waals surface area contributed by atoms with Crippen molar-refractivity contribution in [1.29, 1.82) is 0 Å². The maximum absolute atomic E-state index is 10.9. The Morgan fingerprint density at radius 1 is 1.18 bits per heavy atom. The van der Waals surface area contributed by atoms with Crippen molar-refractivity contribution in [2.45, 2.75) is 0 Å². The first-order valence-electron chi connectivity index (χ1n) is 4.69. The maximum atomic E-state index is 10.9. The van der Waals surface area contributed by atoms with Crippen molar-refractivity contribution in [3.05, 3.63) is 46.3 Å². The molecule has 0 amide bonds. The van der Waals surface area contributed by atoms with Crippen molar-refractivity contribution in [3.63, 3.8) is 0 Å². The summed E-state index contributed by atoms with van der Waals surface area (Å²) in [5.41, 5.74) is 0.848. The highest BCUT2D eigenvalue weighted by Gasteiger charge is 2.10. The fraction of sp³-hybridized carbons (Fsp3) is 0. The molecule has 0 aliphatic heterocycles. The van der Waals surface area contributed by atoms with Gasteiger partial charge in [0.05, 0.1) is 16.3 Å². The smallest absolute Gasteiger partial charge is 0.156 e. The predicted octanol–water partition coefficient (Wildman–Crippen LogP) is 3.34. The minimum atomic E-state index is 0.101. The number of anilines is 2. The third-order valence-electron chi connectivity index (χ3n) is 2.08. The normalized spacial score (nSPS) is 10.0. The summed E-state index contributed by atoms with van der Waals surface area (Å²) in [5, 5.41) is 3.56. The number of rotatable bonds is 3. The molecule has 17 heavy (non-hydrogen) atoms. The summed E-state index contributed by atoms with van der Waals surface area (Å²) in [5.74, 6) is 0.327. The number of para-hydroxylation sites is 1. The minimum absolute atomic E-state index is 0.101. The van der Waals surface area contributed by atoms with Gasteiger partial charge in [0.25, 0.3) is 0 Å². The van der Waals surface area contributed by atoms with Crippen LogP contribution in [0.5, 0.6) is 0 Å². The van der Waals surface area contributed by atoms with Crippen molar-refractivity contribution in [1.82, 2.24) is 9.97 Å². The van der Waals surface area contributed by atoms with Gasteiger partial charge in [0.2, 0.25) is 0 Å². The van der Waals surface area contributed by atoms with Gasteiger partial charge < -0.3 is 5.32 Å². The van der Waals surface area contributed by atoms with Gasteiger partial charge in [-0.15, -0.1) is 0 Å². The molecule has 2 aromatic rings. The number of hydrogen-bond acceptors (Lipinski definition) is 4. The van der Waals surface area contributed by atoms with Gasteiger partial charge in [-0.3, -0.25) is 4.79 Å². The Hall–Kier alpha value is -1.65. The summed E-state index contributed by atoms with van der Waals surface area (Å²) in [6.45, 7) is 0. The van der Waals surface area contributed by atoms with E-state index in [9.17, 15) is 4.79 Å². The lowest BCUT2D eigenvalue weighted by Gasteiger charge is -2.09. The van der Waals surface area contributed by atoms with Gasteiger partial charge in [-0.1, -0.05) is 35.3 Å². The van der Waals surface area contributed by atoms with E-state index in [2.05, 4.69) is 15.3 Å². The van der Waals surface area contributed by atoms with Crippen LogP contribution in [0.15, 0.2) is 30.6 Å². The number of benzene rings is 1. The zero-order valence-corrected chi connectivity index (χ0v) is 10.0. The Labute approximate surface area is 108 Å². The molecule has 1 aromatic carbocycles. The Balaban J connectivity index is 2.40. The van der Waals surface area contributed by atoms with Crippen molar-refractivity contribution < 1.29 is 4.79 Å². The molecule has 0 spiro atoms. The zero-order chi connectivity index (χ0) is 12.3. The summed E-state index contributed by atoms with van der Waals surface area (Å²) in [4.78, 5) is 18.6. The number of hydrogen-bond donors (Lipinski definition) is 1. The predicted molar refractivity (Wildman–Crippen MR) is 67.2 cm³/mol. The lowest BCUT2D eigenvalue weighted by molar-refractivity contribution is 0.112. The van der Waals surface area contributed by atoms with Crippen LogP contribution in [0.25, 0.3) is 0 Å². The first-order valence-corrected chi connectivity index (χ1v) is 5.45. The van der Waals surface area contributed by atoms with Gasteiger partial charge in [-0.25, -0.2) is 9.97 Å². The highest BCUT2D eigenvalue weighted by Crippen LogP contribution is 2.26. The zero-order valence-electron chi connectivity index (χ0n) is 8.52. The number of halogens is 2. The van der Waals surface area contributed by atoms with E-state index < -0.39 is 0 Å². The Morgan fingerprint density at radius 2 is 1.94 bits per heavy atom. The molecule has 1 heterocycles. The van der Waals surface area contributed by atoms with Crippen LogP contribution in [-0.4, -0.2) is 16.3 Å². The van der Waals surface area contributed by atoms with Crippen LogP contribution in [0.1, 0.15) is 10.4 Å². The lowest BCUT2D eigenvalue weighted by Crippen LogP contribution is -2.00. The molecule has 0 aliphatic carbocycles. The molecule has 0 radical (unpaired) electrons. The summed E-state index contributed by atoms with van der Waals surface area (Å²) in [6.07, 6.45) is 1.87. The van der Waals surface area contributed by atoms with Crippen molar-refractivity contribution >= 4 is 41.0 Å². The summed E-state index contributed by atoms with van der Waals surface area (Å²) in [6, 6.07) is 7.12. The van der Waals surface area contributed by atoms with E-state index in [0.29, 0.717) is 22.8 Å². The molecule has 0 fully saturated rings. The van der Waals surface area contributed by atoms with Crippen LogP contribution >= 0.6 is 23.2 Å². The molecule has 1 N–H and O–H groups in total.